The maximum Gasteiger partial charge on any atom is 0.260 e. The number of nitrogens with zero attached hydrogens (tertiary/aromatic N) is 2. The Balaban J connectivity index is 2.22. The Bertz CT molecular complexity index is 414. The maximum atomic E-state index is 12.0. The minimum absolute atomic E-state index is 0.164. The van der Waals surface area contributed by atoms with E-state index in [4.69, 9.17) is 0 Å². The fourth-order valence-electron chi connectivity index (χ4n) is 1.64. The average molecular weight is 230 g/mol. The lowest BCUT2D eigenvalue weighted by Crippen LogP contribution is -2.51. The van der Waals surface area contributed by atoms with Crippen LogP contribution in [0.4, 0.5) is 0 Å². The zero-order chi connectivity index (χ0) is 10.9. The number of nitrogens with one attached hydrogen (secondary N) is 2. The van der Waals surface area contributed by atoms with Crippen LogP contribution in [0.5, 0.6) is 0 Å². The second kappa shape index (κ2) is 3.92. The zero-order valence-corrected chi connectivity index (χ0v) is 9.29. The van der Waals surface area contributed by atoms with E-state index in [9.17, 15) is 8.42 Å². The Morgan fingerprint density at radius 1 is 1.60 bits per heavy atom. The third-order valence-corrected chi connectivity index (χ3v) is 4.22. The molecule has 0 aromatic carbocycles. The van der Waals surface area contributed by atoms with Crippen molar-refractivity contribution in [3.8, 4) is 0 Å². The molecule has 0 radical (unpaired) electrons. The minimum Gasteiger partial charge on any atom is -0.312 e. The number of rotatable bonds is 2. The highest BCUT2D eigenvalue weighted by atomic mass is 32.2. The van der Waals surface area contributed by atoms with E-state index in [1.165, 1.54) is 16.6 Å². The van der Waals surface area contributed by atoms with Gasteiger partial charge in [-0.1, -0.05) is 0 Å². The lowest BCUT2D eigenvalue weighted by atomic mass is 10.3. The van der Waals surface area contributed by atoms with Crippen LogP contribution in [0.3, 0.4) is 0 Å². The average Bonchev–Trinajstić information content (AvgIpc) is 2.71. The number of aromatic amines is 1. The van der Waals surface area contributed by atoms with Gasteiger partial charge in [-0.25, -0.2) is 8.42 Å². The van der Waals surface area contributed by atoms with E-state index < -0.39 is 10.0 Å². The van der Waals surface area contributed by atoms with E-state index in [-0.39, 0.29) is 11.1 Å². The van der Waals surface area contributed by atoms with Gasteiger partial charge in [0.15, 0.2) is 5.03 Å². The molecule has 0 aliphatic carbocycles. The predicted molar refractivity (Wildman–Crippen MR) is 54.8 cm³/mol. The number of hydrogen-bond acceptors (Lipinski definition) is 4. The number of piperazine rings is 1. The van der Waals surface area contributed by atoms with E-state index in [2.05, 4.69) is 15.5 Å². The number of sulfonamides is 1. The third kappa shape index (κ3) is 2.04. The molecule has 84 valence electrons. The minimum atomic E-state index is -3.38. The van der Waals surface area contributed by atoms with Gasteiger partial charge in [0.25, 0.3) is 10.0 Å². The molecule has 1 saturated heterocycles. The van der Waals surface area contributed by atoms with Gasteiger partial charge in [0, 0.05) is 25.7 Å². The molecule has 1 aromatic rings. The summed E-state index contributed by atoms with van der Waals surface area (Å²) < 4.78 is 25.5. The predicted octanol–water partition coefficient (Wildman–Crippen LogP) is -0.608. The summed E-state index contributed by atoms with van der Waals surface area (Å²) in [6.07, 6.45) is 1.44. The van der Waals surface area contributed by atoms with Crippen molar-refractivity contribution in [2.75, 3.05) is 19.6 Å². The summed E-state index contributed by atoms with van der Waals surface area (Å²) in [4.78, 5) is 0. The summed E-state index contributed by atoms with van der Waals surface area (Å²) in [6.45, 7) is 3.66. The molecule has 1 atom stereocenters. The van der Waals surface area contributed by atoms with Crippen LogP contribution in [0.2, 0.25) is 0 Å². The highest BCUT2D eigenvalue weighted by Gasteiger charge is 2.29. The molecule has 1 aliphatic rings. The van der Waals surface area contributed by atoms with Crippen LogP contribution < -0.4 is 5.32 Å². The first-order valence-electron chi connectivity index (χ1n) is 4.83. The fraction of sp³-hybridized carbons (Fsp3) is 0.625. The maximum absolute atomic E-state index is 12.0. The van der Waals surface area contributed by atoms with E-state index in [1.807, 2.05) is 6.92 Å². The molecule has 6 nitrogen and oxygen atoms in total. The van der Waals surface area contributed by atoms with Gasteiger partial charge in [0.05, 0.1) is 6.20 Å². The summed E-state index contributed by atoms with van der Waals surface area (Å²) >= 11 is 0. The highest BCUT2D eigenvalue weighted by Crippen LogP contribution is 2.13. The summed E-state index contributed by atoms with van der Waals surface area (Å²) in [6, 6.07) is 1.67. The van der Waals surface area contributed by atoms with Crippen LogP contribution in [0.15, 0.2) is 17.3 Å². The van der Waals surface area contributed by atoms with Crippen LogP contribution in [0, 0.1) is 0 Å². The van der Waals surface area contributed by atoms with E-state index in [0.29, 0.717) is 19.6 Å². The van der Waals surface area contributed by atoms with Crippen molar-refractivity contribution < 1.29 is 8.42 Å². The molecular formula is C8H14N4O2S. The molecule has 7 heteroatoms. The second-order valence-electron chi connectivity index (χ2n) is 3.64. The first kappa shape index (κ1) is 10.6. The van der Waals surface area contributed by atoms with E-state index >= 15 is 0 Å². The van der Waals surface area contributed by atoms with E-state index in [0.717, 1.165) is 0 Å². The molecule has 2 N–H and O–H groups in total. The van der Waals surface area contributed by atoms with Gasteiger partial charge in [-0.15, -0.1) is 0 Å². The van der Waals surface area contributed by atoms with Crippen molar-refractivity contribution in [2.24, 2.45) is 0 Å². The SMILES string of the molecule is CC1CN(S(=O)(=O)c2ccn[nH]2)CCN1. The van der Waals surface area contributed by atoms with E-state index in [1.54, 1.807) is 0 Å². The molecule has 0 bridgehead atoms. The van der Waals surface area contributed by atoms with Crippen LogP contribution in [-0.2, 0) is 10.0 Å². The third-order valence-electron chi connectivity index (χ3n) is 2.42. The first-order chi connectivity index (χ1) is 7.10. The molecule has 0 saturated carbocycles. The Labute approximate surface area is 88.7 Å². The summed E-state index contributed by atoms with van der Waals surface area (Å²) in [5.74, 6) is 0. The number of hydrogen-bond donors (Lipinski definition) is 2. The van der Waals surface area contributed by atoms with Gasteiger partial charge in [-0.3, -0.25) is 5.10 Å². The molecule has 1 aromatic heterocycles. The van der Waals surface area contributed by atoms with Crippen molar-refractivity contribution in [3.05, 3.63) is 12.3 Å². The van der Waals surface area contributed by atoms with Gasteiger partial charge in [-0.05, 0) is 13.0 Å². The first-order valence-corrected chi connectivity index (χ1v) is 6.27. The van der Waals surface area contributed by atoms with Crippen LogP contribution in [-0.4, -0.2) is 48.6 Å². The lowest BCUT2D eigenvalue weighted by Gasteiger charge is -2.30. The van der Waals surface area contributed by atoms with Gasteiger partial charge in [0.2, 0.25) is 0 Å². The van der Waals surface area contributed by atoms with Crippen LogP contribution >= 0.6 is 0 Å². The smallest absolute Gasteiger partial charge is 0.260 e. The van der Waals surface area contributed by atoms with Gasteiger partial charge in [0.1, 0.15) is 0 Å². The zero-order valence-electron chi connectivity index (χ0n) is 8.47. The molecular weight excluding hydrogens is 216 g/mol. The lowest BCUT2D eigenvalue weighted by molar-refractivity contribution is 0.309. The highest BCUT2D eigenvalue weighted by molar-refractivity contribution is 7.89. The molecule has 15 heavy (non-hydrogen) atoms. The quantitative estimate of drug-likeness (QED) is 0.710. The van der Waals surface area contributed by atoms with Crippen LogP contribution in [0.1, 0.15) is 6.92 Å². The molecule has 1 unspecified atom stereocenters. The van der Waals surface area contributed by atoms with Crippen molar-refractivity contribution in [3.63, 3.8) is 0 Å². The van der Waals surface area contributed by atoms with Gasteiger partial charge >= 0.3 is 0 Å². The largest absolute Gasteiger partial charge is 0.312 e. The van der Waals surface area contributed by atoms with Gasteiger partial charge < -0.3 is 5.32 Å². The molecule has 2 rings (SSSR count). The standard InChI is InChI=1S/C8H14N4O2S/c1-7-6-12(5-4-9-7)15(13,14)8-2-3-10-11-8/h2-3,7,9H,4-6H2,1H3,(H,10,11). The summed E-state index contributed by atoms with van der Waals surface area (Å²) in [7, 11) is -3.38. The Morgan fingerprint density at radius 2 is 2.40 bits per heavy atom. The molecule has 0 spiro atoms. The van der Waals surface area contributed by atoms with Crippen LogP contribution in [0.25, 0.3) is 0 Å². The monoisotopic (exact) mass is 230 g/mol. The normalized spacial score (nSPS) is 24.2. The molecule has 1 aliphatic heterocycles. The summed E-state index contributed by atoms with van der Waals surface area (Å²) in [5, 5.41) is 9.51. The van der Waals surface area contributed by atoms with Crippen molar-refractivity contribution in [1.82, 2.24) is 19.8 Å². The molecule has 2 heterocycles. The van der Waals surface area contributed by atoms with Crippen molar-refractivity contribution in [2.45, 2.75) is 18.0 Å². The van der Waals surface area contributed by atoms with Crippen molar-refractivity contribution in [1.29, 1.82) is 0 Å². The Kier molecular flexibility index (Phi) is 2.76. The Hall–Kier alpha value is -0.920. The molecule has 0 amide bonds. The molecule has 1 fully saturated rings. The van der Waals surface area contributed by atoms with Gasteiger partial charge in [-0.2, -0.15) is 9.40 Å². The van der Waals surface area contributed by atoms with Crippen molar-refractivity contribution >= 4 is 10.0 Å². The topological polar surface area (TPSA) is 78.1 Å². The summed E-state index contributed by atoms with van der Waals surface area (Å²) in [5.41, 5.74) is 0. The fourth-order valence-corrected chi connectivity index (χ4v) is 3.07. The number of H-pyrrole nitrogens is 1. The number of aromatic nitrogens is 2. The second-order valence-corrected chi connectivity index (χ2v) is 5.55. The Morgan fingerprint density at radius 3 is 3.00 bits per heavy atom.